The second kappa shape index (κ2) is 6.89. The van der Waals surface area contributed by atoms with Crippen LogP contribution in [0, 0.1) is 11.6 Å². The third-order valence-corrected chi connectivity index (χ3v) is 4.16. The largest absolute Gasteiger partial charge is 0.329 e. The number of benzene rings is 3. The molecule has 4 heteroatoms. The fourth-order valence-electron chi connectivity index (χ4n) is 2.86. The SMILES string of the molecule is NCC(C(=O)Cc1ccc2ccccc2c1)c1ccc(F)c(F)c1. The van der Waals surface area contributed by atoms with E-state index in [1.807, 2.05) is 42.5 Å². The lowest BCUT2D eigenvalue weighted by Crippen LogP contribution is -2.23. The van der Waals surface area contributed by atoms with Crippen LogP contribution >= 0.6 is 0 Å². The molecule has 3 aromatic carbocycles. The number of Topliss-reactive ketones (excluding diaryl/α,β-unsaturated/α-hetero) is 1. The molecule has 0 amide bonds. The zero-order chi connectivity index (χ0) is 17.1. The zero-order valence-corrected chi connectivity index (χ0v) is 13.0. The van der Waals surface area contributed by atoms with Crippen LogP contribution < -0.4 is 5.73 Å². The van der Waals surface area contributed by atoms with Crippen molar-refractivity contribution in [1.82, 2.24) is 0 Å². The molecule has 0 bridgehead atoms. The fraction of sp³-hybridized carbons (Fsp3) is 0.150. The Morgan fingerprint density at radius 1 is 0.917 bits per heavy atom. The molecule has 24 heavy (non-hydrogen) atoms. The molecule has 0 saturated heterocycles. The number of nitrogens with two attached hydrogens (primary N) is 1. The number of ketones is 1. The van der Waals surface area contributed by atoms with Crippen LogP contribution in [0.4, 0.5) is 8.78 Å². The highest BCUT2D eigenvalue weighted by Gasteiger charge is 2.20. The summed E-state index contributed by atoms with van der Waals surface area (Å²) in [6.07, 6.45) is 0.200. The summed E-state index contributed by atoms with van der Waals surface area (Å²) in [5, 5.41) is 2.16. The van der Waals surface area contributed by atoms with Crippen molar-refractivity contribution in [3.05, 3.63) is 83.4 Å². The maximum atomic E-state index is 13.4. The summed E-state index contributed by atoms with van der Waals surface area (Å²) in [5.74, 6) is -2.66. The summed E-state index contributed by atoms with van der Waals surface area (Å²) >= 11 is 0. The van der Waals surface area contributed by atoms with Gasteiger partial charge in [-0.15, -0.1) is 0 Å². The lowest BCUT2D eigenvalue weighted by Gasteiger charge is -2.15. The van der Waals surface area contributed by atoms with Crippen LogP contribution in [0.15, 0.2) is 60.7 Å². The van der Waals surface area contributed by atoms with Crippen molar-refractivity contribution in [2.75, 3.05) is 6.54 Å². The van der Waals surface area contributed by atoms with Crippen LogP contribution in [-0.2, 0) is 11.2 Å². The van der Waals surface area contributed by atoms with Gasteiger partial charge in [-0.1, -0.05) is 48.5 Å². The van der Waals surface area contributed by atoms with Gasteiger partial charge in [-0.25, -0.2) is 8.78 Å². The molecule has 0 fully saturated rings. The van der Waals surface area contributed by atoms with Gasteiger partial charge in [-0.2, -0.15) is 0 Å². The highest BCUT2D eigenvalue weighted by atomic mass is 19.2. The first-order chi connectivity index (χ1) is 11.6. The quantitative estimate of drug-likeness (QED) is 0.771. The Labute approximate surface area is 138 Å². The molecule has 2 nitrogen and oxygen atoms in total. The number of fused-ring (bicyclic) bond motifs is 1. The predicted molar refractivity (Wildman–Crippen MR) is 90.8 cm³/mol. The third-order valence-electron chi connectivity index (χ3n) is 4.16. The second-order valence-electron chi connectivity index (χ2n) is 5.79. The van der Waals surface area contributed by atoms with E-state index in [2.05, 4.69) is 0 Å². The average molecular weight is 325 g/mol. The maximum Gasteiger partial charge on any atom is 0.159 e. The summed E-state index contributed by atoms with van der Waals surface area (Å²) in [6, 6.07) is 17.2. The molecule has 0 aromatic heterocycles. The molecule has 3 aromatic rings. The maximum absolute atomic E-state index is 13.4. The van der Waals surface area contributed by atoms with Gasteiger partial charge >= 0.3 is 0 Å². The van der Waals surface area contributed by atoms with Gasteiger partial charge in [0.2, 0.25) is 0 Å². The van der Waals surface area contributed by atoms with Gasteiger partial charge in [0.1, 0.15) is 5.78 Å². The number of carbonyl (C=O) groups is 1. The average Bonchev–Trinajstić information content (AvgIpc) is 2.58. The Morgan fingerprint density at radius 2 is 1.67 bits per heavy atom. The van der Waals surface area contributed by atoms with Gasteiger partial charge in [-0.05, 0) is 34.0 Å². The first-order valence-corrected chi connectivity index (χ1v) is 7.74. The molecule has 122 valence electrons. The second-order valence-corrected chi connectivity index (χ2v) is 5.79. The topological polar surface area (TPSA) is 43.1 Å². The molecular formula is C20H17F2NO. The lowest BCUT2D eigenvalue weighted by molar-refractivity contribution is -0.119. The number of halogens is 2. The van der Waals surface area contributed by atoms with Crippen LogP contribution in [0.5, 0.6) is 0 Å². The third kappa shape index (κ3) is 3.34. The molecule has 0 aliphatic heterocycles. The summed E-state index contributed by atoms with van der Waals surface area (Å²) in [6.45, 7) is 0.0531. The number of rotatable bonds is 5. The van der Waals surface area contributed by atoms with Crippen LogP contribution in [0.2, 0.25) is 0 Å². The Hall–Kier alpha value is -2.59. The molecule has 0 radical (unpaired) electrons. The van der Waals surface area contributed by atoms with Crippen LogP contribution in [0.1, 0.15) is 17.0 Å². The van der Waals surface area contributed by atoms with E-state index in [1.54, 1.807) is 0 Å². The smallest absolute Gasteiger partial charge is 0.159 e. The van der Waals surface area contributed by atoms with Crippen molar-refractivity contribution >= 4 is 16.6 Å². The minimum Gasteiger partial charge on any atom is -0.329 e. The van der Waals surface area contributed by atoms with Gasteiger partial charge in [0.25, 0.3) is 0 Å². The van der Waals surface area contributed by atoms with Crippen molar-refractivity contribution in [3.8, 4) is 0 Å². The summed E-state index contributed by atoms with van der Waals surface area (Å²) in [5.41, 5.74) is 6.98. The highest BCUT2D eigenvalue weighted by molar-refractivity contribution is 5.90. The molecule has 0 heterocycles. The van der Waals surface area contributed by atoms with E-state index in [0.717, 1.165) is 28.5 Å². The number of hydrogen-bond acceptors (Lipinski definition) is 2. The molecule has 1 unspecified atom stereocenters. The lowest BCUT2D eigenvalue weighted by atomic mass is 9.90. The van der Waals surface area contributed by atoms with E-state index in [9.17, 15) is 13.6 Å². The van der Waals surface area contributed by atoms with E-state index in [4.69, 9.17) is 5.73 Å². The molecular weight excluding hydrogens is 308 g/mol. The molecule has 0 saturated carbocycles. The van der Waals surface area contributed by atoms with E-state index in [-0.39, 0.29) is 18.7 Å². The van der Waals surface area contributed by atoms with Crippen LogP contribution in [0.3, 0.4) is 0 Å². The molecule has 0 aliphatic carbocycles. The van der Waals surface area contributed by atoms with Gasteiger partial charge in [0.15, 0.2) is 11.6 Å². The molecule has 0 aliphatic rings. The van der Waals surface area contributed by atoms with Gasteiger partial charge < -0.3 is 5.73 Å². The first kappa shape index (κ1) is 16.3. The van der Waals surface area contributed by atoms with Gasteiger partial charge in [0.05, 0.1) is 5.92 Å². The van der Waals surface area contributed by atoms with E-state index >= 15 is 0 Å². The standard InChI is InChI=1S/C20H17F2NO/c21-18-8-7-16(11-19(18)22)17(12-23)20(24)10-13-5-6-14-3-1-2-4-15(14)9-13/h1-9,11,17H,10,12,23H2. The van der Waals surface area contributed by atoms with Crippen LogP contribution in [-0.4, -0.2) is 12.3 Å². The van der Waals surface area contributed by atoms with Gasteiger partial charge in [-0.3, -0.25) is 4.79 Å². The first-order valence-electron chi connectivity index (χ1n) is 7.74. The Bertz CT molecular complexity index is 892. The molecule has 1 atom stereocenters. The highest BCUT2D eigenvalue weighted by Crippen LogP contribution is 2.22. The van der Waals surface area contributed by atoms with Crippen molar-refractivity contribution in [2.24, 2.45) is 5.73 Å². The Balaban J connectivity index is 1.84. The summed E-state index contributed by atoms with van der Waals surface area (Å²) in [4.78, 5) is 12.6. The molecule has 3 rings (SSSR count). The van der Waals surface area contributed by atoms with E-state index < -0.39 is 17.6 Å². The number of carbonyl (C=O) groups excluding carboxylic acids is 1. The van der Waals surface area contributed by atoms with Crippen LogP contribution in [0.25, 0.3) is 10.8 Å². The van der Waals surface area contributed by atoms with E-state index in [1.165, 1.54) is 6.07 Å². The monoisotopic (exact) mass is 325 g/mol. The zero-order valence-electron chi connectivity index (χ0n) is 13.0. The van der Waals surface area contributed by atoms with Crippen molar-refractivity contribution in [1.29, 1.82) is 0 Å². The van der Waals surface area contributed by atoms with Crippen molar-refractivity contribution < 1.29 is 13.6 Å². The Kier molecular flexibility index (Phi) is 4.67. The minimum absolute atomic E-state index is 0.0531. The normalized spacial score (nSPS) is 12.3. The van der Waals surface area contributed by atoms with Crippen molar-refractivity contribution in [2.45, 2.75) is 12.3 Å². The predicted octanol–water partition coefficient (Wildman–Crippen LogP) is 3.97. The Morgan fingerprint density at radius 3 is 2.38 bits per heavy atom. The summed E-state index contributed by atoms with van der Waals surface area (Å²) in [7, 11) is 0. The minimum atomic E-state index is -0.968. The molecule has 2 N–H and O–H groups in total. The summed E-state index contributed by atoms with van der Waals surface area (Å²) < 4.78 is 26.5. The van der Waals surface area contributed by atoms with Crippen molar-refractivity contribution in [3.63, 3.8) is 0 Å². The number of hydrogen-bond donors (Lipinski definition) is 1. The van der Waals surface area contributed by atoms with Gasteiger partial charge in [0, 0.05) is 13.0 Å². The molecule has 0 spiro atoms. The van der Waals surface area contributed by atoms with E-state index in [0.29, 0.717) is 5.56 Å². The fourth-order valence-corrected chi connectivity index (χ4v) is 2.86.